The maximum Gasteiger partial charge on any atom is 0.421 e. The van der Waals surface area contributed by atoms with Crippen LogP contribution in [0.15, 0.2) is 28.9 Å². The number of nitrogens with zero attached hydrogens (tertiary/aromatic N) is 3. The number of ether oxygens (including phenoxy) is 1. The molecule has 28 heavy (non-hydrogen) atoms. The third kappa shape index (κ3) is 4.13. The average Bonchev–Trinajstić information content (AvgIpc) is 3.42. The van der Waals surface area contributed by atoms with Crippen LogP contribution in [-0.2, 0) is 6.18 Å². The molecule has 0 bridgehead atoms. The van der Waals surface area contributed by atoms with Gasteiger partial charge in [-0.3, -0.25) is 4.79 Å². The van der Waals surface area contributed by atoms with Crippen molar-refractivity contribution in [2.75, 3.05) is 19.7 Å². The topological polar surface area (TPSA) is 68.5 Å². The van der Waals surface area contributed by atoms with E-state index < -0.39 is 17.6 Å². The molecule has 2 aromatic heterocycles. The van der Waals surface area contributed by atoms with Gasteiger partial charge < -0.3 is 14.2 Å². The Morgan fingerprint density at radius 1 is 1.25 bits per heavy atom. The summed E-state index contributed by atoms with van der Waals surface area (Å²) in [4.78, 5) is 17.9. The van der Waals surface area contributed by atoms with E-state index in [2.05, 4.69) is 10.1 Å². The summed E-state index contributed by atoms with van der Waals surface area (Å²) in [6, 6.07) is 3.91. The van der Waals surface area contributed by atoms with Crippen molar-refractivity contribution in [3.8, 4) is 5.88 Å². The molecule has 1 saturated heterocycles. The fourth-order valence-corrected chi connectivity index (χ4v) is 3.33. The van der Waals surface area contributed by atoms with Crippen molar-refractivity contribution >= 4 is 5.91 Å². The minimum absolute atomic E-state index is 0.0615. The van der Waals surface area contributed by atoms with Crippen molar-refractivity contribution in [1.82, 2.24) is 15.0 Å². The molecule has 2 aromatic rings. The first-order valence-electron chi connectivity index (χ1n) is 9.32. The second-order valence-electron chi connectivity index (χ2n) is 7.29. The van der Waals surface area contributed by atoms with Crippen LogP contribution in [0.3, 0.4) is 0 Å². The van der Waals surface area contributed by atoms with Crippen LogP contribution in [0, 0.1) is 5.92 Å². The second kappa shape index (κ2) is 7.44. The number of likely N-dealkylation sites (tertiary alicyclic amines) is 1. The predicted molar refractivity (Wildman–Crippen MR) is 91.8 cm³/mol. The highest BCUT2D eigenvalue weighted by Crippen LogP contribution is 2.40. The summed E-state index contributed by atoms with van der Waals surface area (Å²) in [6.45, 7) is 1.15. The number of pyridine rings is 1. The summed E-state index contributed by atoms with van der Waals surface area (Å²) in [5.74, 6) is 0.655. The van der Waals surface area contributed by atoms with Crippen LogP contribution in [0.4, 0.5) is 13.2 Å². The Kier molecular flexibility index (Phi) is 4.99. The molecule has 6 nitrogen and oxygen atoms in total. The Morgan fingerprint density at radius 2 is 2.00 bits per heavy atom. The van der Waals surface area contributed by atoms with Crippen molar-refractivity contribution in [3.63, 3.8) is 0 Å². The standard InChI is InChI=1S/C19H20F3N3O3/c20-19(21,22)14-2-1-7-23-17(14)27-11-12-5-8-25(9-6-12)18(26)15-10-16(28-24-15)13-3-4-13/h1-2,7,10,12-13H,3-6,8-9,11H2. The Bertz CT molecular complexity index is 840. The predicted octanol–water partition coefficient (Wildman–Crippen LogP) is 3.90. The van der Waals surface area contributed by atoms with Crippen molar-refractivity contribution in [1.29, 1.82) is 0 Å². The maximum absolute atomic E-state index is 13.0. The summed E-state index contributed by atoms with van der Waals surface area (Å²) in [5.41, 5.74) is -0.556. The minimum Gasteiger partial charge on any atom is -0.477 e. The first-order chi connectivity index (χ1) is 13.4. The molecule has 1 amide bonds. The highest BCUT2D eigenvalue weighted by molar-refractivity contribution is 5.92. The number of hydrogen-bond donors (Lipinski definition) is 0. The quantitative estimate of drug-likeness (QED) is 0.768. The van der Waals surface area contributed by atoms with Gasteiger partial charge in [-0.15, -0.1) is 0 Å². The lowest BCUT2D eigenvalue weighted by Gasteiger charge is -2.31. The molecule has 0 atom stereocenters. The number of halogens is 3. The van der Waals surface area contributed by atoms with Gasteiger partial charge in [-0.1, -0.05) is 5.16 Å². The lowest BCUT2D eigenvalue weighted by molar-refractivity contribution is -0.139. The zero-order valence-corrected chi connectivity index (χ0v) is 15.1. The molecule has 150 valence electrons. The van der Waals surface area contributed by atoms with Crippen LogP contribution in [0.1, 0.15) is 53.4 Å². The molecule has 0 aromatic carbocycles. The molecule has 2 aliphatic rings. The minimum atomic E-state index is -4.50. The van der Waals surface area contributed by atoms with Gasteiger partial charge in [0, 0.05) is 31.3 Å². The summed E-state index contributed by atoms with van der Waals surface area (Å²) in [6.07, 6.45) is 0.206. The van der Waals surface area contributed by atoms with Gasteiger partial charge in [0.05, 0.1) is 6.61 Å². The summed E-state index contributed by atoms with van der Waals surface area (Å²) < 4.78 is 49.6. The zero-order chi connectivity index (χ0) is 19.7. The molecule has 1 aliphatic heterocycles. The number of amides is 1. The Labute approximate surface area is 159 Å². The molecule has 3 heterocycles. The van der Waals surface area contributed by atoms with E-state index in [0.717, 1.165) is 24.7 Å². The second-order valence-corrected chi connectivity index (χ2v) is 7.29. The van der Waals surface area contributed by atoms with Crippen molar-refractivity contribution in [2.45, 2.75) is 37.8 Å². The first-order valence-corrected chi connectivity index (χ1v) is 9.32. The van der Waals surface area contributed by atoms with E-state index in [1.54, 1.807) is 11.0 Å². The number of aromatic nitrogens is 2. The molecular weight excluding hydrogens is 375 g/mol. The molecule has 1 saturated carbocycles. The van der Waals surface area contributed by atoms with Crippen LogP contribution in [0.25, 0.3) is 0 Å². The first kappa shape index (κ1) is 18.8. The van der Waals surface area contributed by atoms with Crippen molar-refractivity contribution in [2.24, 2.45) is 5.92 Å². The van der Waals surface area contributed by atoms with E-state index in [4.69, 9.17) is 9.26 Å². The molecule has 1 aliphatic carbocycles. The summed E-state index contributed by atoms with van der Waals surface area (Å²) in [7, 11) is 0. The van der Waals surface area contributed by atoms with Crippen molar-refractivity contribution < 1.29 is 27.2 Å². The number of rotatable bonds is 5. The van der Waals surface area contributed by atoms with E-state index in [1.807, 2.05) is 0 Å². The van der Waals surface area contributed by atoms with Crippen LogP contribution in [0.5, 0.6) is 5.88 Å². The van der Waals surface area contributed by atoms with Crippen LogP contribution < -0.4 is 4.74 Å². The fraction of sp³-hybridized carbons (Fsp3) is 0.526. The van der Waals surface area contributed by atoms with E-state index in [1.165, 1.54) is 12.3 Å². The SMILES string of the molecule is O=C(c1cc(C2CC2)on1)N1CCC(COc2ncccc2C(F)(F)F)CC1. The molecule has 0 radical (unpaired) electrons. The number of carbonyl (C=O) groups is 1. The highest BCUT2D eigenvalue weighted by Gasteiger charge is 2.35. The lowest BCUT2D eigenvalue weighted by atomic mass is 9.97. The van der Waals surface area contributed by atoms with Crippen LogP contribution in [-0.4, -0.2) is 40.6 Å². The Morgan fingerprint density at radius 3 is 2.68 bits per heavy atom. The molecule has 4 rings (SSSR count). The number of alkyl halides is 3. The molecule has 0 N–H and O–H groups in total. The summed E-state index contributed by atoms with van der Waals surface area (Å²) in [5, 5.41) is 3.87. The van der Waals surface area contributed by atoms with Gasteiger partial charge in [-0.05, 0) is 43.7 Å². The lowest BCUT2D eigenvalue weighted by Crippen LogP contribution is -2.39. The van der Waals surface area contributed by atoms with Gasteiger partial charge >= 0.3 is 6.18 Å². The van der Waals surface area contributed by atoms with E-state index >= 15 is 0 Å². The highest BCUT2D eigenvalue weighted by atomic mass is 19.4. The monoisotopic (exact) mass is 395 g/mol. The van der Waals surface area contributed by atoms with Gasteiger partial charge in [-0.2, -0.15) is 13.2 Å². The third-order valence-corrected chi connectivity index (χ3v) is 5.16. The number of piperidine rings is 1. The molecule has 9 heteroatoms. The molecular formula is C19H20F3N3O3. The van der Waals surface area contributed by atoms with Gasteiger partial charge in [0.2, 0.25) is 5.88 Å². The maximum atomic E-state index is 13.0. The largest absolute Gasteiger partial charge is 0.477 e. The van der Waals surface area contributed by atoms with Gasteiger partial charge in [-0.25, -0.2) is 4.98 Å². The third-order valence-electron chi connectivity index (χ3n) is 5.16. The van der Waals surface area contributed by atoms with Crippen molar-refractivity contribution in [3.05, 3.63) is 41.4 Å². The van der Waals surface area contributed by atoms with Crippen LogP contribution >= 0.6 is 0 Å². The molecule has 2 fully saturated rings. The normalized spacial score (nSPS) is 18.3. The van der Waals surface area contributed by atoms with Gasteiger partial charge in [0.25, 0.3) is 5.91 Å². The zero-order valence-electron chi connectivity index (χ0n) is 15.1. The number of carbonyl (C=O) groups excluding carboxylic acids is 1. The Hall–Kier alpha value is -2.58. The summed E-state index contributed by atoms with van der Waals surface area (Å²) >= 11 is 0. The smallest absolute Gasteiger partial charge is 0.421 e. The van der Waals surface area contributed by atoms with E-state index in [9.17, 15) is 18.0 Å². The Balaban J connectivity index is 1.29. The van der Waals surface area contributed by atoms with E-state index in [0.29, 0.717) is 37.5 Å². The molecule has 0 spiro atoms. The van der Waals surface area contributed by atoms with Gasteiger partial charge in [0.15, 0.2) is 5.69 Å². The van der Waals surface area contributed by atoms with Crippen LogP contribution in [0.2, 0.25) is 0 Å². The fourth-order valence-electron chi connectivity index (χ4n) is 3.33. The van der Waals surface area contributed by atoms with Gasteiger partial charge in [0.1, 0.15) is 11.3 Å². The van der Waals surface area contributed by atoms with E-state index in [-0.39, 0.29) is 18.4 Å². The number of hydrogen-bond acceptors (Lipinski definition) is 5. The molecule has 0 unspecified atom stereocenters. The average molecular weight is 395 g/mol.